The van der Waals surface area contributed by atoms with Gasteiger partial charge in [0.05, 0.1) is 0 Å². The summed E-state index contributed by atoms with van der Waals surface area (Å²) in [6, 6.07) is 0. The Morgan fingerprint density at radius 3 is 2.80 bits per heavy atom. The standard InChI is InChI=1S/C7H12O3/c1-3-6-4-5(2)9-7(8)10-6/h5-6H,3-4H2,1-2H3. The largest absolute Gasteiger partial charge is 0.508 e. The van der Waals surface area contributed by atoms with Crippen LogP contribution in [0.5, 0.6) is 0 Å². The van der Waals surface area contributed by atoms with Gasteiger partial charge in [0.1, 0.15) is 12.2 Å². The van der Waals surface area contributed by atoms with Crippen LogP contribution in [-0.2, 0) is 9.47 Å². The summed E-state index contributed by atoms with van der Waals surface area (Å²) in [5, 5.41) is 0. The fourth-order valence-electron chi connectivity index (χ4n) is 1.04. The highest BCUT2D eigenvalue weighted by molar-refractivity contribution is 5.61. The fraction of sp³-hybridized carbons (Fsp3) is 0.857. The van der Waals surface area contributed by atoms with E-state index in [1.165, 1.54) is 0 Å². The maximum Gasteiger partial charge on any atom is 0.508 e. The molecule has 58 valence electrons. The van der Waals surface area contributed by atoms with Crippen LogP contribution in [0, 0.1) is 0 Å². The minimum atomic E-state index is -0.523. The summed E-state index contributed by atoms with van der Waals surface area (Å²) >= 11 is 0. The number of hydrogen-bond acceptors (Lipinski definition) is 3. The van der Waals surface area contributed by atoms with Crippen molar-refractivity contribution in [3.05, 3.63) is 0 Å². The molecule has 2 atom stereocenters. The van der Waals surface area contributed by atoms with Gasteiger partial charge in [-0.2, -0.15) is 0 Å². The Balaban J connectivity index is 2.42. The molecule has 2 unspecified atom stereocenters. The second kappa shape index (κ2) is 2.90. The second-order valence-corrected chi connectivity index (χ2v) is 2.56. The van der Waals surface area contributed by atoms with Gasteiger partial charge in [-0.15, -0.1) is 0 Å². The van der Waals surface area contributed by atoms with Gasteiger partial charge in [0, 0.05) is 6.42 Å². The van der Waals surface area contributed by atoms with Crippen LogP contribution < -0.4 is 0 Å². The molecule has 10 heavy (non-hydrogen) atoms. The minimum Gasteiger partial charge on any atom is -0.431 e. The van der Waals surface area contributed by atoms with E-state index in [1.54, 1.807) is 0 Å². The van der Waals surface area contributed by atoms with E-state index in [1.807, 2.05) is 13.8 Å². The van der Waals surface area contributed by atoms with E-state index in [4.69, 9.17) is 9.47 Å². The van der Waals surface area contributed by atoms with Gasteiger partial charge in [-0.25, -0.2) is 4.79 Å². The first kappa shape index (κ1) is 7.38. The van der Waals surface area contributed by atoms with E-state index in [-0.39, 0.29) is 12.2 Å². The summed E-state index contributed by atoms with van der Waals surface area (Å²) in [6.07, 6.45) is 1.26. The Bertz CT molecular complexity index is 133. The van der Waals surface area contributed by atoms with Gasteiger partial charge in [0.2, 0.25) is 0 Å². The van der Waals surface area contributed by atoms with E-state index in [0.29, 0.717) is 0 Å². The van der Waals surface area contributed by atoms with Crippen LogP contribution >= 0.6 is 0 Å². The van der Waals surface area contributed by atoms with E-state index in [0.717, 1.165) is 12.8 Å². The van der Waals surface area contributed by atoms with Gasteiger partial charge in [-0.3, -0.25) is 0 Å². The highest BCUT2D eigenvalue weighted by Gasteiger charge is 2.25. The molecule has 0 aliphatic carbocycles. The molecule has 1 fully saturated rings. The van der Waals surface area contributed by atoms with Crippen molar-refractivity contribution in [2.45, 2.75) is 38.9 Å². The zero-order valence-electron chi connectivity index (χ0n) is 6.29. The van der Waals surface area contributed by atoms with Crippen LogP contribution in [0.3, 0.4) is 0 Å². The van der Waals surface area contributed by atoms with E-state index in [2.05, 4.69) is 0 Å². The Labute approximate surface area is 60.3 Å². The quantitative estimate of drug-likeness (QED) is 0.525. The first-order valence-corrected chi connectivity index (χ1v) is 3.59. The molecule has 0 aromatic rings. The number of carbonyl (C=O) groups excluding carboxylic acids is 1. The van der Waals surface area contributed by atoms with Crippen LogP contribution in [0.1, 0.15) is 26.7 Å². The normalized spacial score (nSPS) is 32.8. The first-order chi connectivity index (χ1) is 4.72. The third-order valence-corrected chi connectivity index (χ3v) is 1.61. The maximum atomic E-state index is 10.6. The van der Waals surface area contributed by atoms with Gasteiger partial charge in [0.25, 0.3) is 0 Å². The van der Waals surface area contributed by atoms with Crippen molar-refractivity contribution in [1.82, 2.24) is 0 Å². The molecule has 3 heteroatoms. The Morgan fingerprint density at radius 2 is 2.30 bits per heavy atom. The molecule has 1 heterocycles. The van der Waals surface area contributed by atoms with Crippen molar-refractivity contribution >= 4 is 6.16 Å². The maximum absolute atomic E-state index is 10.6. The third-order valence-electron chi connectivity index (χ3n) is 1.61. The molecule has 0 bridgehead atoms. The Morgan fingerprint density at radius 1 is 1.60 bits per heavy atom. The van der Waals surface area contributed by atoms with Gasteiger partial charge in [-0.05, 0) is 13.3 Å². The van der Waals surface area contributed by atoms with Crippen LogP contribution in [0.15, 0.2) is 0 Å². The van der Waals surface area contributed by atoms with Gasteiger partial charge in [-0.1, -0.05) is 6.92 Å². The zero-order chi connectivity index (χ0) is 7.56. The molecule has 0 amide bonds. The number of hydrogen-bond donors (Lipinski definition) is 0. The molecular weight excluding hydrogens is 132 g/mol. The minimum absolute atomic E-state index is 0.0196. The van der Waals surface area contributed by atoms with Crippen molar-refractivity contribution in [3.8, 4) is 0 Å². The number of carbonyl (C=O) groups is 1. The highest BCUT2D eigenvalue weighted by atomic mass is 16.7. The number of cyclic esters (lactones) is 2. The molecule has 0 spiro atoms. The number of rotatable bonds is 1. The average molecular weight is 144 g/mol. The van der Waals surface area contributed by atoms with Crippen molar-refractivity contribution in [2.24, 2.45) is 0 Å². The molecule has 1 aliphatic heterocycles. The summed E-state index contributed by atoms with van der Waals surface area (Å²) in [4.78, 5) is 10.6. The van der Waals surface area contributed by atoms with Crippen molar-refractivity contribution < 1.29 is 14.3 Å². The number of ether oxygens (including phenoxy) is 2. The monoisotopic (exact) mass is 144 g/mol. The van der Waals surface area contributed by atoms with E-state index in [9.17, 15) is 4.79 Å². The van der Waals surface area contributed by atoms with Crippen LogP contribution in [-0.4, -0.2) is 18.4 Å². The predicted octanol–water partition coefficient (Wildman–Crippen LogP) is 1.71. The molecule has 1 saturated heterocycles. The van der Waals surface area contributed by atoms with Crippen LogP contribution in [0.25, 0.3) is 0 Å². The van der Waals surface area contributed by atoms with Gasteiger partial charge in [0.15, 0.2) is 0 Å². The van der Waals surface area contributed by atoms with Crippen LogP contribution in [0.2, 0.25) is 0 Å². The lowest BCUT2D eigenvalue weighted by atomic mass is 10.1. The summed E-state index contributed by atoms with van der Waals surface area (Å²) in [5.41, 5.74) is 0. The average Bonchev–Trinajstić information content (AvgIpc) is 1.85. The topological polar surface area (TPSA) is 35.5 Å². The smallest absolute Gasteiger partial charge is 0.431 e. The molecule has 1 rings (SSSR count). The fourth-order valence-corrected chi connectivity index (χ4v) is 1.04. The molecule has 0 N–H and O–H groups in total. The molecular formula is C7H12O3. The molecule has 0 radical (unpaired) electrons. The van der Waals surface area contributed by atoms with E-state index >= 15 is 0 Å². The van der Waals surface area contributed by atoms with Crippen LogP contribution in [0.4, 0.5) is 4.79 Å². The lowest BCUT2D eigenvalue weighted by molar-refractivity contribution is -0.0544. The Kier molecular flexibility index (Phi) is 2.14. The molecule has 0 aromatic carbocycles. The molecule has 3 nitrogen and oxygen atoms in total. The lowest BCUT2D eigenvalue weighted by Gasteiger charge is -2.25. The lowest BCUT2D eigenvalue weighted by Crippen LogP contribution is -2.32. The Hall–Kier alpha value is -0.730. The van der Waals surface area contributed by atoms with Crippen molar-refractivity contribution in [3.63, 3.8) is 0 Å². The van der Waals surface area contributed by atoms with E-state index < -0.39 is 6.16 Å². The zero-order valence-corrected chi connectivity index (χ0v) is 6.29. The second-order valence-electron chi connectivity index (χ2n) is 2.56. The summed E-state index contributed by atoms with van der Waals surface area (Å²) in [7, 11) is 0. The van der Waals surface area contributed by atoms with Gasteiger partial charge >= 0.3 is 6.16 Å². The SMILES string of the molecule is CCC1CC(C)OC(=O)O1. The van der Waals surface area contributed by atoms with Crippen molar-refractivity contribution in [2.75, 3.05) is 0 Å². The molecule has 0 aromatic heterocycles. The summed E-state index contributed by atoms with van der Waals surface area (Å²) < 4.78 is 9.60. The molecule has 0 saturated carbocycles. The van der Waals surface area contributed by atoms with Gasteiger partial charge < -0.3 is 9.47 Å². The highest BCUT2D eigenvalue weighted by Crippen LogP contribution is 2.16. The third kappa shape index (κ3) is 1.62. The van der Waals surface area contributed by atoms with Crippen molar-refractivity contribution in [1.29, 1.82) is 0 Å². The summed E-state index contributed by atoms with van der Waals surface area (Å²) in [5.74, 6) is 0. The summed E-state index contributed by atoms with van der Waals surface area (Å²) in [6.45, 7) is 3.87. The first-order valence-electron chi connectivity index (χ1n) is 3.59. The predicted molar refractivity (Wildman–Crippen MR) is 35.7 cm³/mol. The molecule has 1 aliphatic rings.